The van der Waals surface area contributed by atoms with Crippen molar-refractivity contribution in [2.24, 2.45) is 0 Å². The minimum Gasteiger partial charge on any atom is -0.317 e. The second-order valence-electron chi connectivity index (χ2n) is 4.14. The quantitative estimate of drug-likeness (QED) is 0.892. The number of halogens is 2. The second-order valence-corrected chi connectivity index (χ2v) is 5.00. The van der Waals surface area contributed by atoms with Crippen molar-refractivity contribution in [3.8, 4) is 0 Å². The molecule has 0 radical (unpaired) electrons. The highest BCUT2D eigenvalue weighted by Crippen LogP contribution is 2.18. The lowest BCUT2D eigenvalue weighted by molar-refractivity contribution is 0.386. The minimum absolute atomic E-state index is 0.176. The molecule has 2 rings (SSSR count). The van der Waals surface area contributed by atoms with Gasteiger partial charge in [0.05, 0.1) is 0 Å². The molecule has 0 aromatic heterocycles. The zero-order valence-corrected chi connectivity index (χ0v) is 10.7. The maximum Gasteiger partial charge on any atom is 0.123 e. The van der Waals surface area contributed by atoms with Crippen LogP contribution in [-0.2, 0) is 6.54 Å². The predicted octanol–water partition coefficient (Wildman–Crippen LogP) is 2.43. The molecule has 1 aromatic rings. The number of benzene rings is 1. The second kappa shape index (κ2) is 5.75. The normalized spacial score (nSPS) is 17.6. The van der Waals surface area contributed by atoms with Gasteiger partial charge in [0.2, 0.25) is 0 Å². The molecule has 0 saturated carbocycles. The van der Waals surface area contributed by atoms with Crippen LogP contribution in [-0.4, -0.2) is 19.1 Å². The SMILES string of the molecule is Fc1ccc(Br)c(CNC2CCNCC2)c1. The molecular formula is C12H16BrFN2. The Balaban J connectivity index is 1.90. The summed E-state index contributed by atoms with van der Waals surface area (Å²) in [5.74, 6) is -0.176. The average molecular weight is 287 g/mol. The highest BCUT2D eigenvalue weighted by atomic mass is 79.9. The van der Waals surface area contributed by atoms with Gasteiger partial charge < -0.3 is 10.6 Å². The maximum absolute atomic E-state index is 13.1. The van der Waals surface area contributed by atoms with E-state index in [2.05, 4.69) is 26.6 Å². The van der Waals surface area contributed by atoms with Gasteiger partial charge in [-0.25, -0.2) is 4.39 Å². The maximum atomic E-state index is 13.1. The van der Waals surface area contributed by atoms with E-state index in [9.17, 15) is 4.39 Å². The molecule has 0 amide bonds. The van der Waals surface area contributed by atoms with Crippen LogP contribution in [0, 0.1) is 5.82 Å². The van der Waals surface area contributed by atoms with Crippen LogP contribution >= 0.6 is 15.9 Å². The Labute approximate surface area is 104 Å². The summed E-state index contributed by atoms with van der Waals surface area (Å²) in [4.78, 5) is 0. The van der Waals surface area contributed by atoms with E-state index in [-0.39, 0.29) is 5.82 Å². The van der Waals surface area contributed by atoms with Gasteiger partial charge in [0.1, 0.15) is 5.82 Å². The van der Waals surface area contributed by atoms with E-state index in [1.807, 2.05) is 0 Å². The third-order valence-corrected chi connectivity index (χ3v) is 3.70. The zero-order chi connectivity index (χ0) is 11.4. The summed E-state index contributed by atoms with van der Waals surface area (Å²) >= 11 is 3.44. The lowest BCUT2D eigenvalue weighted by Crippen LogP contribution is -2.39. The molecule has 2 nitrogen and oxygen atoms in total. The van der Waals surface area contributed by atoms with Gasteiger partial charge >= 0.3 is 0 Å². The van der Waals surface area contributed by atoms with Crippen molar-refractivity contribution in [2.75, 3.05) is 13.1 Å². The molecule has 1 heterocycles. The highest BCUT2D eigenvalue weighted by molar-refractivity contribution is 9.10. The summed E-state index contributed by atoms with van der Waals surface area (Å²) in [6, 6.07) is 5.36. The largest absolute Gasteiger partial charge is 0.317 e. The van der Waals surface area contributed by atoms with Gasteiger partial charge in [-0.3, -0.25) is 0 Å². The highest BCUT2D eigenvalue weighted by Gasteiger charge is 2.12. The van der Waals surface area contributed by atoms with Crippen molar-refractivity contribution in [2.45, 2.75) is 25.4 Å². The molecule has 0 atom stereocenters. The molecule has 4 heteroatoms. The van der Waals surface area contributed by atoms with Crippen molar-refractivity contribution in [3.05, 3.63) is 34.1 Å². The Morgan fingerprint density at radius 1 is 1.38 bits per heavy atom. The van der Waals surface area contributed by atoms with Crippen molar-refractivity contribution >= 4 is 15.9 Å². The summed E-state index contributed by atoms with van der Waals surface area (Å²) in [7, 11) is 0. The molecule has 1 aliphatic rings. The fourth-order valence-electron chi connectivity index (χ4n) is 1.96. The van der Waals surface area contributed by atoms with Crippen molar-refractivity contribution < 1.29 is 4.39 Å². The molecule has 1 saturated heterocycles. The van der Waals surface area contributed by atoms with E-state index in [4.69, 9.17) is 0 Å². The van der Waals surface area contributed by atoms with Crippen LogP contribution in [0.3, 0.4) is 0 Å². The van der Waals surface area contributed by atoms with Crippen LogP contribution < -0.4 is 10.6 Å². The Morgan fingerprint density at radius 2 is 2.12 bits per heavy atom. The summed E-state index contributed by atoms with van der Waals surface area (Å²) in [5.41, 5.74) is 0.985. The fraction of sp³-hybridized carbons (Fsp3) is 0.500. The molecule has 88 valence electrons. The van der Waals surface area contributed by atoms with E-state index in [0.717, 1.165) is 42.5 Å². The number of nitrogens with one attached hydrogen (secondary N) is 2. The summed E-state index contributed by atoms with van der Waals surface area (Å²) in [5, 5.41) is 6.79. The molecule has 16 heavy (non-hydrogen) atoms. The van der Waals surface area contributed by atoms with Crippen LogP contribution in [0.25, 0.3) is 0 Å². The van der Waals surface area contributed by atoms with E-state index in [1.54, 1.807) is 12.1 Å². The number of hydrogen-bond acceptors (Lipinski definition) is 2. The first-order chi connectivity index (χ1) is 7.75. The lowest BCUT2D eigenvalue weighted by Gasteiger charge is -2.24. The van der Waals surface area contributed by atoms with Gasteiger partial charge in [-0.05, 0) is 49.7 Å². The molecule has 1 fully saturated rings. The number of piperidine rings is 1. The van der Waals surface area contributed by atoms with E-state index in [0.29, 0.717) is 6.04 Å². The Bertz CT molecular complexity index is 351. The fourth-order valence-corrected chi connectivity index (χ4v) is 2.35. The monoisotopic (exact) mass is 286 g/mol. The topological polar surface area (TPSA) is 24.1 Å². The summed E-state index contributed by atoms with van der Waals surface area (Å²) in [6.45, 7) is 2.87. The Morgan fingerprint density at radius 3 is 2.88 bits per heavy atom. The molecule has 0 bridgehead atoms. The van der Waals surface area contributed by atoms with Crippen LogP contribution in [0.4, 0.5) is 4.39 Å². The van der Waals surface area contributed by atoms with Gasteiger partial charge in [0.15, 0.2) is 0 Å². The van der Waals surface area contributed by atoms with Crippen molar-refractivity contribution in [1.82, 2.24) is 10.6 Å². The first-order valence-corrected chi connectivity index (χ1v) is 6.43. The summed E-state index contributed by atoms with van der Waals surface area (Å²) < 4.78 is 14.0. The molecule has 1 aromatic carbocycles. The first-order valence-electron chi connectivity index (χ1n) is 5.64. The Hall–Kier alpha value is -0.450. The van der Waals surface area contributed by atoms with E-state index in [1.165, 1.54) is 6.07 Å². The first kappa shape index (κ1) is 12.0. The third kappa shape index (κ3) is 3.27. The molecule has 0 aliphatic carbocycles. The minimum atomic E-state index is -0.176. The van der Waals surface area contributed by atoms with Gasteiger partial charge in [0.25, 0.3) is 0 Å². The number of rotatable bonds is 3. The van der Waals surface area contributed by atoms with Gasteiger partial charge in [-0.1, -0.05) is 15.9 Å². The predicted molar refractivity (Wildman–Crippen MR) is 66.8 cm³/mol. The molecule has 0 spiro atoms. The third-order valence-electron chi connectivity index (χ3n) is 2.93. The Kier molecular flexibility index (Phi) is 4.32. The van der Waals surface area contributed by atoms with Crippen LogP contribution in [0.1, 0.15) is 18.4 Å². The zero-order valence-electron chi connectivity index (χ0n) is 9.10. The van der Waals surface area contributed by atoms with E-state index < -0.39 is 0 Å². The molecule has 0 unspecified atom stereocenters. The van der Waals surface area contributed by atoms with E-state index >= 15 is 0 Å². The van der Waals surface area contributed by atoms with Crippen LogP contribution in [0.15, 0.2) is 22.7 Å². The lowest BCUT2D eigenvalue weighted by atomic mass is 10.1. The molecule has 2 N–H and O–H groups in total. The smallest absolute Gasteiger partial charge is 0.123 e. The van der Waals surface area contributed by atoms with Crippen LogP contribution in [0.5, 0.6) is 0 Å². The van der Waals surface area contributed by atoms with Crippen molar-refractivity contribution in [1.29, 1.82) is 0 Å². The molecule has 1 aliphatic heterocycles. The van der Waals surface area contributed by atoms with Crippen molar-refractivity contribution in [3.63, 3.8) is 0 Å². The van der Waals surface area contributed by atoms with Gasteiger partial charge in [0, 0.05) is 17.1 Å². The average Bonchev–Trinajstić information content (AvgIpc) is 2.32. The number of hydrogen-bond donors (Lipinski definition) is 2. The molecular weight excluding hydrogens is 271 g/mol. The van der Waals surface area contributed by atoms with Crippen LogP contribution in [0.2, 0.25) is 0 Å². The summed E-state index contributed by atoms with van der Waals surface area (Å²) in [6.07, 6.45) is 2.29. The van der Waals surface area contributed by atoms with Gasteiger partial charge in [-0.15, -0.1) is 0 Å². The van der Waals surface area contributed by atoms with Gasteiger partial charge in [-0.2, -0.15) is 0 Å². The standard InChI is InChI=1S/C12H16BrFN2/c13-12-2-1-10(14)7-9(12)8-16-11-3-5-15-6-4-11/h1-2,7,11,15-16H,3-6,8H2.